The van der Waals surface area contributed by atoms with Gasteiger partial charge in [-0.15, -0.1) is 0 Å². The number of fused-ring (bicyclic) bond motifs is 7. The van der Waals surface area contributed by atoms with Gasteiger partial charge in [-0.25, -0.2) is 0 Å². The van der Waals surface area contributed by atoms with Crippen LogP contribution in [0.5, 0.6) is 0 Å². The lowest BCUT2D eigenvalue weighted by molar-refractivity contribution is -0.248. The van der Waals surface area contributed by atoms with Crippen molar-refractivity contribution in [3.8, 4) is 0 Å². The van der Waals surface area contributed by atoms with Crippen LogP contribution >= 0.6 is 7.26 Å². The summed E-state index contributed by atoms with van der Waals surface area (Å²) in [5.41, 5.74) is 1.36. The van der Waals surface area contributed by atoms with Crippen molar-refractivity contribution in [2.75, 3.05) is 39.2 Å². The molecule has 5 aliphatic rings. The van der Waals surface area contributed by atoms with E-state index in [1.807, 2.05) is 0 Å². The lowest BCUT2D eigenvalue weighted by atomic mass is 9.32. The van der Waals surface area contributed by atoms with E-state index in [1.54, 1.807) is 0 Å². The molecule has 5 aliphatic carbocycles. The Bertz CT molecular complexity index is 1850. The van der Waals surface area contributed by atoms with Crippen molar-refractivity contribution in [2.24, 2.45) is 56.7 Å². The molecule has 6 heteroatoms. The van der Waals surface area contributed by atoms with Gasteiger partial charge in [0.2, 0.25) is 0 Å². The third kappa shape index (κ3) is 7.09. The number of benzene rings is 3. The van der Waals surface area contributed by atoms with E-state index in [0.29, 0.717) is 50.1 Å². The molecule has 5 nitrogen and oxygen atoms in total. The zero-order valence-corrected chi connectivity index (χ0v) is 38.6. The second kappa shape index (κ2) is 17.0. The van der Waals surface area contributed by atoms with Crippen LogP contribution in [-0.2, 0) is 19.0 Å². The SMILES string of the molecule is C=C(C)[C@@H]1CC[C@]2(C(=O)OCCOCCOCC[P+](c3ccccc3)(c3ccccc3)c3ccccc3)CC[C@]3(C)[C@H](CC[C@@H]4[C@@]5(C)CC[C@H](O)C(C)(C)[C@@H]5CC[C@]43C)[C@@H]12. The van der Waals surface area contributed by atoms with Crippen LogP contribution in [0.2, 0.25) is 0 Å². The summed E-state index contributed by atoms with van der Waals surface area (Å²) >= 11 is 0. The molecule has 60 heavy (non-hydrogen) atoms. The molecule has 0 aromatic heterocycles. The molecule has 324 valence electrons. The molecule has 0 radical (unpaired) electrons. The van der Waals surface area contributed by atoms with E-state index in [9.17, 15) is 9.90 Å². The van der Waals surface area contributed by atoms with Crippen molar-refractivity contribution in [1.29, 1.82) is 0 Å². The number of ether oxygens (including phenoxy) is 3. The highest BCUT2D eigenvalue weighted by Crippen LogP contribution is 2.77. The standard InChI is InChI=1S/C54H74O5P/c1-39(2)43-25-30-54(32-31-52(6)44(48(43)54)23-24-46-51(5)28-27-47(55)50(3,4)45(51)26-29-53(46,52)7)49(56)59-36-35-57-33-34-58-37-38-60(40-17-11-8-12-18-40,41-19-13-9-14-20-41)42-21-15-10-16-22-42/h8-22,43-48,55H,1,23-38H2,2-7H3/q+1/t43-,44+,45-,46+,47-,48+,51-,52+,53+,54-/m0/s1. The first kappa shape index (κ1) is 43.8. The van der Waals surface area contributed by atoms with Gasteiger partial charge in [-0.05, 0) is 159 Å². The monoisotopic (exact) mass is 834 g/mol. The van der Waals surface area contributed by atoms with Gasteiger partial charge in [-0.2, -0.15) is 0 Å². The molecule has 5 saturated carbocycles. The van der Waals surface area contributed by atoms with Gasteiger partial charge in [-0.1, -0.05) is 101 Å². The molecular formula is C54H74O5P+. The molecule has 0 amide bonds. The van der Waals surface area contributed by atoms with Gasteiger partial charge in [0.05, 0.1) is 44.1 Å². The minimum Gasteiger partial charge on any atom is -0.463 e. The molecule has 0 spiro atoms. The van der Waals surface area contributed by atoms with Crippen molar-refractivity contribution in [3.05, 3.63) is 103 Å². The molecule has 5 fully saturated rings. The number of allylic oxidation sites excluding steroid dienone is 1. The summed E-state index contributed by atoms with van der Waals surface area (Å²) < 4.78 is 18.6. The zero-order valence-electron chi connectivity index (χ0n) is 37.7. The Hall–Kier alpha value is -2.82. The van der Waals surface area contributed by atoms with Crippen LogP contribution in [0, 0.1) is 56.7 Å². The Kier molecular flexibility index (Phi) is 12.4. The molecule has 8 rings (SSSR count). The minimum absolute atomic E-state index is 0.00663. The van der Waals surface area contributed by atoms with Gasteiger partial charge in [0, 0.05) is 0 Å². The Balaban J connectivity index is 0.881. The number of esters is 1. The highest BCUT2D eigenvalue weighted by molar-refractivity contribution is 7.95. The van der Waals surface area contributed by atoms with E-state index in [1.165, 1.54) is 47.2 Å². The van der Waals surface area contributed by atoms with E-state index in [4.69, 9.17) is 14.2 Å². The minimum atomic E-state index is -1.94. The zero-order chi connectivity index (χ0) is 42.4. The van der Waals surface area contributed by atoms with Crippen molar-refractivity contribution in [1.82, 2.24) is 0 Å². The molecule has 0 saturated heterocycles. The normalized spacial score (nSPS) is 35.6. The van der Waals surface area contributed by atoms with Crippen LogP contribution in [0.15, 0.2) is 103 Å². The largest absolute Gasteiger partial charge is 0.463 e. The average molecular weight is 834 g/mol. The van der Waals surface area contributed by atoms with Gasteiger partial charge in [0.15, 0.2) is 0 Å². The fraction of sp³-hybridized carbons (Fsp3) is 0.611. The van der Waals surface area contributed by atoms with Crippen molar-refractivity contribution in [3.63, 3.8) is 0 Å². The summed E-state index contributed by atoms with van der Waals surface area (Å²) in [6.07, 6.45) is 11.5. The predicted molar refractivity (Wildman–Crippen MR) is 248 cm³/mol. The van der Waals surface area contributed by atoms with Crippen molar-refractivity contribution < 1.29 is 24.1 Å². The van der Waals surface area contributed by atoms with Gasteiger partial charge >= 0.3 is 5.97 Å². The lowest BCUT2D eigenvalue weighted by Crippen LogP contribution is -2.67. The Labute approximate surface area is 362 Å². The van der Waals surface area contributed by atoms with Crippen LogP contribution in [0.3, 0.4) is 0 Å². The fourth-order valence-corrected chi connectivity index (χ4v) is 19.3. The summed E-state index contributed by atoms with van der Waals surface area (Å²) in [4.78, 5) is 14.5. The smallest absolute Gasteiger partial charge is 0.312 e. The maximum absolute atomic E-state index is 14.5. The van der Waals surface area contributed by atoms with E-state index >= 15 is 0 Å². The predicted octanol–water partition coefficient (Wildman–Crippen LogP) is 10.6. The lowest BCUT2D eigenvalue weighted by Gasteiger charge is -2.72. The number of hydrogen-bond donors (Lipinski definition) is 1. The Morgan fingerprint density at radius 3 is 1.80 bits per heavy atom. The quantitative estimate of drug-likeness (QED) is 0.0759. The summed E-state index contributed by atoms with van der Waals surface area (Å²) in [5.74, 6) is 2.31. The second-order valence-electron chi connectivity index (χ2n) is 21.1. The molecule has 0 aliphatic heterocycles. The third-order valence-corrected chi connectivity index (χ3v) is 22.8. The van der Waals surface area contributed by atoms with Crippen LogP contribution in [0.1, 0.15) is 106 Å². The number of carbonyl (C=O) groups excluding carboxylic acids is 1. The Morgan fingerprint density at radius 2 is 1.22 bits per heavy atom. The van der Waals surface area contributed by atoms with Crippen LogP contribution in [0.4, 0.5) is 0 Å². The second-order valence-corrected chi connectivity index (χ2v) is 24.7. The summed E-state index contributed by atoms with van der Waals surface area (Å²) in [6.45, 7) is 21.5. The third-order valence-electron chi connectivity index (χ3n) is 18.4. The highest BCUT2D eigenvalue weighted by atomic mass is 31.2. The Morgan fingerprint density at radius 1 is 0.650 bits per heavy atom. The van der Waals surface area contributed by atoms with Gasteiger partial charge in [-0.3, -0.25) is 4.79 Å². The van der Waals surface area contributed by atoms with Gasteiger partial charge in [0.1, 0.15) is 29.8 Å². The number of hydrogen-bond acceptors (Lipinski definition) is 5. The molecule has 3 aromatic rings. The first-order valence-electron chi connectivity index (χ1n) is 23.5. The fourth-order valence-electron chi connectivity index (χ4n) is 15.2. The number of aliphatic hydroxyl groups excluding tert-OH is 1. The molecular weight excluding hydrogens is 760 g/mol. The number of rotatable bonds is 14. The summed E-state index contributed by atoms with van der Waals surface area (Å²) in [7, 11) is -1.94. The van der Waals surface area contributed by atoms with Crippen LogP contribution in [-0.4, -0.2) is 56.4 Å². The average Bonchev–Trinajstić information content (AvgIpc) is 3.66. The van der Waals surface area contributed by atoms with Crippen molar-refractivity contribution in [2.45, 2.75) is 112 Å². The maximum Gasteiger partial charge on any atom is 0.312 e. The molecule has 0 unspecified atom stereocenters. The van der Waals surface area contributed by atoms with Crippen LogP contribution < -0.4 is 15.9 Å². The molecule has 0 bridgehead atoms. The highest BCUT2D eigenvalue weighted by Gasteiger charge is 2.72. The van der Waals surface area contributed by atoms with Crippen molar-refractivity contribution >= 4 is 29.1 Å². The number of aliphatic hydroxyl groups is 1. The van der Waals surface area contributed by atoms with E-state index < -0.39 is 12.7 Å². The van der Waals surface area contributed by atoms with Gasteiger partial charge in [0.25, 0.3) is 0 Å². The topological polar surface area (TPSA) is 65.0 Å². The summed E-state index contributed by atoms with van der Waals surface area (Å²) in [6, 6.07) is 32.8. The van der Waals surface area contributed by atoms with Gasteiger partial charge < -0.3 is 19.3 Å². The van der Waals surface area contributed by atoms with E-state index in [0.717, 1.165) is 44.7 Å². The van der Waals surface area contributed by atoms with Crippen LogP contribution in [0.25, 0.3) is 0 Å². The molecule has 0 heterocycles. The maximum atomic E-state index is 14.5. The first-order valence-corrected chi connectivity index (χ1v) is 25.4. The van der Waals surface area contributed by atoms with E-state index in [-0.39, 0.29) is 46.3 Å². The molecule has 1 N–H and O–H groups in total. The summed E-state index contributed by atoms with van der Waals surface area (Å²) in [5, 5.41) is 15.2. The van der Waals surface area contributed by atoms with E-state index in [2.05, 4.69) is 139 Å². The first-order chi connectivity index (χ1) is 28.8. The molecule has 3 aromatic carbocycles. The number of carbonyl (C=O) groups is 1. The molecule has 10 atom stereocenters.